The third kappa shape index (κ3) is 2.02. The zero-order valence-corrected chi connectivity index (χ0v) is 10.3. The minimum Gasteiger partial charge on any atom is -0.330 e. The molecule has 1 aliphatic carbocycles. The van der Waals surface area contributed by atoms with Crippen LogP contribution in [0.15, 0.2) is 36.5 Å². The van der Waals surface area contributed by atoms with Crippen LogP contribution in [0.5, 0.6) is 0 Å². The first-order valence-corrected chi connectivity index (χ1v) is 6.50. The first-order valence-electron chi connectivity index (χ1n) is 6.50. The second-order valence-electron chi connectivity index (χ2n) is 4.79. The molecule has 1 unspecified atom stereocenters. The monoisotopic (exact) mass is 239 g/mol. The lowest BCUT2D eigenvalue weighted by Crippen LogP contribution is -2.19. The van der Waals surface area contributed by atoms with Crippen LogP contribution in [0, 0.1) is 0 Å². The molecule has 3 rings (SSSR count). The Balaban J connectivity index is 2.01. The van der Waals surface area contributed by atoms with Crippen molar-refractivity contribution in [1.29, 1.82) is 0 Å². The number of nitrogens with two attached hydrogens (primary N) is 1. The lowest BCUT2D eigenvalue weighted by molar-refractivity contribution is 0.548. The van der Waals surface area contributed by atoms with Crippen LogP contribution in [0.4, 0.5) is 0 Å². The van der Waals surface area contributed by atoms with Gasteiger partial charge in [-0.25, -0.2) is 9.97 Å². The summed E-state index contributed by atoms with van der Waals surface area (Å²) in [6.45, 7) is 0.695. The summed E-state index contributed by atoms with van der Waals surface area (Å²) in [7, 11) is 0. The van der Waals surface area contributed by atoms with Crippen LogP contribution in [-0.4, -0.2) is 16.5 Å². The summed E-state index contributed by atoms with van der Waals surface area (Å²) in [6, 6.07) is 10.1. The molecule has 0 bridgehead atoms. The number of fused-ring (bicyclic) bond motifs is 1. The Hall–Kier alpha value is -1.74. The van der Waals surface area contributed by atoms with Gasteiger partial charge >= 0.3 is 0 Å². The van der Waals surface area contributed by atoms with Gasteiger partial charge in [0.05, 0.1) is 0 Å². The predicted octanol–water partition coefficient (Wildman–Crippen LogP) is 2.52. The second kappa shape index (κ2) is 4.86. The normalized spacial score (nSPS) is 18.4. The number of aromatic nitrogens is 2. The topological polar surface area (TPSA) is 51.8 Å². The lowest BCUT2D eigenvalue weighted by atomic mass is 9.86. The van der Waals surface area contributed by atoms with E-state index in [4.69, 9.17) is 10.7 Å². The van der Waals surface area contributed by atoms with Gasteiger partial charge in [-0.3, -0.25) is 0 Å². The standard InChI is InChI=1S/C15H17N3/c16-9-12-7-4-8-14-13(12)10-17-15(18-14)11-5-2-1-3-6-11/h1-3,5-6,10,12H,4,7-9,16H2. The molecule has 1 atom stereocenters. The third-order valence-corrected chi connectivity index (χ3v) is 3.62. The van der Waals surface area contributed by atoms with E-state index >= 15 is 0 Å². The molecule has 1 aromatic heterocycles. The molecular weight excluding hydrogens is 222 g/mol. The Bertz CT molecular complexity index is 537. The average molecular weight is 239 g/mol. The fourth-order valence-electron chi connectivity index (χ4n) is 2.61. The van der Waals surface area contributed by atoms with Gasteiger partial charge in [-0.15, -0.1) is 0 Å². The van der Waals surface area contributed by atoms with Gasteiger partial charge in [0.2, 0.25) is 0 Å². The fourth-order valence-corrected chi connectivity index (χ4v) is 2.61. The number of aryl methyl sites for hydroxylation is 1. The van der Waals surface area contributed by atoms with E-state index in [1.54, 1.807) is 0 Å². The van der Waals surface area contributed by atoms with Crippen molar-refractivity contribution in [2.24, 2.45) is 5.73 Å². The Morgan fingerprint density at radius 3 is 2.83 bits per heavy atom. The Morgan fingerprint density at radius 2 is 2.06 bits per heavy atom. The molecule has 0 saturated heterocycles. The Kier molecular flexibility index (Phi) is 3.07. The zero-order chi connectivity index (χ0) is 12.4. The highest BCUT2D eigenvalue weighted by molar-refractivity contribution is 5.55. The molecule has 3 nitrogen and oxygen atoms in total. The zero-order valence-electron chi connectivity index (χ0n) is 10.3. The molecule has 0 amide bonds. The predicted molar refractivity (Wildman–Crippen MR) is 72.2 cm³/mol. The van der Waals surface area contributed by atoms with E-state index in [1.807, 2.05) is 36.5 Å². The van der Waals surface area contributed by atoms with E-state index in [0.717, 1.165) is 24.2 Å². The maximum Gasteiger partial charge on any atom is 0.159 e. The molecule has 1 aromatic carbocycles. The maximum atomic E-state index is 5.81. The van der Waals surface area contributed by atoms with Crippen molar-refractivity contribution in [2.75, 3.05) is 6.54 Å². The van der Waals surface area contributed by atoms with Crippen LogP contribution < -0.4 is 5.73 Å². The van der Waals surface area contributed by atoms with Gasteiger partial charge in [0.25, 0.3) is 0 Å². The van der Waals surface area contributed by atoms with Gasteiger partial charge < -0.3 is 5.73 Å². The summed E-state index contributed by atoms with van der Waals surface area (Å²) in [5.41, 5.74) is 9.33. The lowest BCUT2D eigenvalue weighted by Gasteiger charge is -2.23. The van der Waals surface area contributed by atoms with Crippen molar-refractivity contribution in [1.82, 2.24) is 9.97 Å². The highest BCUT2D eigenvalue weighted by Gasteiger charge is 2.21. The third-order valence-electron chi connectivity index (χ3n) is 3.62. The van der Waals surface area contributed by atoms with Crippen LogP contribution in [0.1, 0.15) is 30.0 Å². The second-order valence-corrected chi connectivity index (χ2v) is 4.79. The number of hydrogen-bond donors (Lipinski definition) is 1. The average Bonchev–Trinajstić information content (AvgIpc) is 2.47. The van der Waals surface area contributed by atoms with Gasteiger partial charge in [-0.2, -0.15) is 0 Å². The molecule has 0 spiro atoms. The molecule has 1 heterocycles. The van der Waals surface area contributed by atoms with Gasteiger partial charge in [0.15, 0.2) is 5.82 Å². The number of nitrogens with zero attached hydrogens (tertiary/aromatic N) is 2. The SMILES string of the molecule is NCC1CCCc2nc(-c3ccccc3)ncc21. The molecule has 0 fully saturated rings. The van der Waals surface area contributed by atoms with Crippen molar-refractivity contribution in [3.63, 3.8) is 0 Å². The number of benzene rings is 1. The molecular formula is C15H17N3. The largest absolute Gasteiger partial charge is 0.330 e. The summed E-state index contributed by atoms with van der Waals surface area (Å²) in [6.07, 6.45) is 5.37. The van der Waals surface area contributed by atoms with Crippen molar-refractivity contribution < 1.29 is 0 Å². The molecule has 2 N–H and O–H groups in total. The van der Waals surface area contributed by atoms with Gasteiger partial charge in [-0.05, 0) is 37.3 Å². The molecule has 0 radical (unpaired) electrons. The van der Waals surface area contributed by atoms with Crippen molar-refractivity contribution in [2.45, 2.75) is 25.2 Å². The van der Waals surface area contributed by atoms with Gasteiger partial charge in [0.1, 0.15) is 0 Å². The van der Waals surface area contributed by atoms with Crippen LogP contribution >= 0.6 is 0 Å². The summed E-state index contributed by atoms with van der Waals surface area (Å²) in [5, 5.41) is 0. The van der Waals surface area contributed by atoms with E-state index in [9.17, 15) is 0 Å². The molecule has 92 valence electrons. The number of hydrogen-bond acceptors (Lipinski definition) is 3. The van der Waals surface area contributed by atoms with Crippen LogP contribution in [0.3, 0.4) is 0 Å². The first kappa shape index (κ1) is 11.4. The summed E-state index contributed by atoms with van der Waals surface area (Å²) in [4.78, 5) is 9.21. The highest BCUT2D eigenvalue weighted by Crippen LogP contribution is 2.30. The molecule has 2 aromatic rings. The van der Waals surface area contributed by atoms with Crippen molar-refractivity contribution in [3.8, 4) is 11.4 Å². The van der Waals surface area contributed by atoms with Crippen LogP contribution in [-0.2, 0) is 6.42 Å². The quantitative estimate of drug-likeness (QED) is 0.876. The molecule has 1 aliphatic rings. The minimum atomic E-state index is 0.443. The fraction of sp³-hybridized carbons (Fsp3) is 0.333. The molecule has 0 saturated carbocycles. The molecule has 3 heteroatoms. The maximum absolute atomic E-state index is 5.81. The Morgan fingerprint density at radius 1 is 1.22 bits per heavy atom. The number of rotatable bonds is 2. The summed E-state index contributed by atoms with van der Waals surface area (Å²) >= 11 is 0. The van der Waals surface area contributed by atoms with E-state index in [1.165, 1.54) is 17.7 Å². The van der Waals surface area contributed by atoms with E-state index in [0.29, 0.717) is 12.5 Å². The van der Waals surface area contributed by atoms with E-state index in [2.05, 4.69) is 4.98 Å². The van der Waals surface area contributed by atoms with Crippen LogP contribution in [0.25, 0.3) is 11.4 Å². The molecule has 18 heavy (non-hydrogen) atoms. The van der Waals surface area contributed by atoms with Gasteiger partial charge in [0, 0.05) is 17.5 Å². The van der Waals surface area contributed by atoms with Crippen molar-refractivity contribution in [3.05, 3.63) is 47.8 Å². The smallest absolute Gasteiger partial charge is 0.159 e. The van der Waals surface area contributed by atoms with E-state index < -0.39 is 0 Å². The summed E-state index contributed by atoms with van der Waals surface area (Å²) < 4.78 is 0. The molecule has 0 aliphatic heterocycles. The van der Waals surface area contributed by atoms with Crippen LogP contribution in [0.2, 0.25) is 0 Å². The minimum absolute atomic E-state index is 0.443. The Labute approximate surface area is 107 Å². The highest BCUT2D eigenvalue weighted by atomic mass is 14.9. The van der Waals surface area contributed by atoms with Crippen molar-refractivity contribution >= 4 is 0 Å². The first-order chi connectivity index (χ1) is 8.88. The summed E-state index contributed by atoms with van der Waals surface area (Å²) in [5.74, 6) is 1.27. The van der Waals surface area contributed by atoms with E-state index in [-0.39, 0.29) is 0 Å². The van der Waals surface area contributed by atoms with Gasteiger partial charge in [-0.1, -0.05) is 30.3 Å².